The van der Waals surface area contributed by atoms with Crippen molar-refractivity contribution in [2.24, 2.45) is 11.8 Å². The van der Waals surface area contributed by atoms with Crippen LogP contribution in [0.3, 0.4) is 0 Å². The van der Waals surface area contributed by atoms with Crippen LogP contribution in [0.25, 0.3) is 0 Å². The first kappa shape index (κ1) is 13.5. The molecule has 0 bridgehead atoms. The minimum absolute atomic E-state index is 0.130. The first-order valence-electron chi connectivity index (χ1n) is 6.37. The van der Waals surface area contributed by atoms with Gasteiger partial charge in [-0.25, -0.2) is 0 Å². The van der Waals surface area contributed by atoms with Crippen molar-refractivity contribution < 1.29 is 9.90 Å². The molecule has 1 heterocycles. The molecular formula is C13H25NO2. The second-order valence-corrected chi connectivity index (χ2v) is 5.61. The molecule has 1 fully saturated rings. The maximum atomic E-state index is 12.1. The molecule has 0 aliphatic carbocycles. The highest BCUT2D eigenvalue weighted by Gasteiger charge is 2.36. The van der Waals surface area contributed by atoms with E-state index in [4.69, 9.17) is 0 Å². The van der Waals surface area contributed by atoms with Crippen molar-refractivity contribution >= 4 is 5.91 Å². The number of hydrogen-bond donors (Lipinski definition) is 1. The van der Waals surface area contributed by atoms with Crippen molar-refractivity contribution in [3.05, 3.63) is 0 Å². The van der Waals surface area contributed by atoms with Crippen LogP contribution in [0.5, 0.6) is 0 Å². The van der Waals surface area contributed by atoms with Crippen LogP contribution in [-0.4, -0.2) is 34.6 Å². The highest BCUT2D eigenvalue weighted by atomic mass is 16.3. The van der Waals surface area contributed by atoms with Gasteiger partial charge in [-0.05, 0) is 26.7 Å². The number of carbonyl (C=O) groups excluding carboxylic acids is 1. The summed E-state index contributed by atoms with van der Waals surface area (Å²) in [5.74, 6) is 0.615. The summed E-state index contributed by atoms with van der Waals surface area (Å²) < 4.78 is 0. The predicted molar refractivity (Wildman–Crippen MR) is 65.1 cm³/mol. The largest absolute Gasteiger partial charge is 0.390 e. The minimum atomic E-state index is -0.664. The molecule has 94 valence electrons. The number of amides is 1. The minimum Gasteiger partial charge on any atom is -0.390 e. The van der Waals surface area contributed by atoms with Crippen molar-refractivity contribution in [1.29, 1.82) is 0 Å². The molecular weight excluding hydrogens is 202 g/mol. The molecule has 1 amide bonds. The van der Waals surface area contributed by atoms with Gasteiger partial charge in [0.15, 0.2) is 0 Å². The highest BCUT2D eigenvalue weighted by molar-refractivity contribution is 5.78. The fraction of sp³-hybridized carbons (Fsp3) is 0.923. The molecule has 16 heavy (non-hydrogen) atoms. The van der Waals surface area contributed by atoms with Crippen LogP contribution >= 0.6 is 0 Å². The quantitative estimate of drug-likeness (QED) is 0.798. The van der Waals surface area contributed by atoms with Crippen LogP contribution in [0.2, 0.25) is 0 Å². The van der Waals surface area contributed by atoms with Gasteiger partial charge in [-0.15, -0.1) is 0 Å². The standard InChI is InChI=1S/C13H25NO2/c1-5-6-10(2)12(15)14-8-7-11(9-14)13(3,4)16/h10-11,16H,5-9H2,1-4H3. The Labute approximate surface area is 98.8 Å². The molecule has 1 N–H and O–H groups in total. The van der Waals surface area contributed by atoms with Gasteiger partial charge in [0.1, 0.15) is 0 Å². The molecule has 1 aliphatic heterocycles. The van der Waals surface area contributed by atoms with E-state index in [1.54, 1.807) is 0 Å². The van der Waals surface area contributed by atoms with Crippen molar-refractivity contribution in [3.63, 3.8) is 0 Å². The lowest BCUT2D eigenvalue weighted by Crippen LogP contribution is -2.37. The van der Waals surface area contributed by atoms with Crippen LogP contribution in [0.1, 0.15) is 47.0 Å². The Kier molecular flexibility index (Phi) is 4.36. The van der Waals surface area contributed by atoms with Gasteiger partial charge in [0.2, 0.25) is 5.91 Å². The summed E-state index contributed by atoms with van der Waals surface area (Å²) in [6.45, 7) is 9.30. The SMILES string of the molecule is CCCC(C)C(=O)N1CCC(C(C)(C)O)C1. The third kappa shape index (κ3) is 3.21. The van der Waals surface area contributed by atoms with Gasteiger partial charge < -0.3 is 10.0 Å². The lowest BCUT2D eigenvalue weighted by Gasteiger charge is -2.26. The Balaban J connectivity index is 2.50. The maximum Gasteiger partial charge on any atom is 0.225 e. The zero-order valence-electron chi connectivity index (χ0n) is 11.0. The normalized spacial score (nSPS) is 23.6. The summed E-state index contributed by atoms with van der Waals surface area (Å²) in [5.41, 5.74) is -0.664. The molecule has 3 nitrogen and oxygen atoms in total. The zero-order chi connectivity index (χ0) is 12.3. The summed E-state index contributed by atoms with van der Waals surface area (Å²) in [6.07, 6.45) is 2.94. The molecule has 2 atom stereocenters. The Bertz CT molecular complexity index is 245. The second-order valence-electron chi connectivity index (χ2n) is 5.61. The lowest BCUT2D eigenvalue weighted by molar-refractivity contribution is -0.134. The number of likely N-dealkylation sites (tertiary alicyclic amines) is 1. The van der Waals surface area contributed by atoms with Crippen molar-refractivity contribution in [2.75, 3.05) is 13.1 Å². The third-order valence-corrected chi connectivity index (χ3v) is 3.64. The zero-order valence-corrected chi connectivity index (χ0v) is 11.0. The first-order valence-corrected chi connectivity index (χ1v) is 6.37. The molecule has 0 spiro atoms. The van der Waals surface area contributed by atoms with E-state index in [2.05, 4.69) is 6.92 Å². The molecule has 1 saturated heterocycles. The van der Waals surface area contributed by atoms with Crippen LogP contribution in [0, 0.1) is 11.8 Å². The second kappa shape index (κ2) is 5.17. The monoisotopic (exact) mass is 227 g/mol. The number of aliphatic hydroxyl groups is 1. The van der Waals surface area contributed by atoms with Crippen LogP contribution in [-0.2, 0) is 4.79 Å². The number of nitrogens with zero attached hydrogens (tertiary/aromatic N) is 1. The van der Waals surface area contributed by atoms with E-state index in [1.165, 1.54) is 0 Å². The summed E-state index contributed by atoms with van der Waals surface area (Å²) >= 11 is 0. The molecule has 1 aliphatic rings. The van der Waals surface area contributed by atoms with Crippen molar-refractivity contribution in [1.82, 2.24) is 4.90 Å². The predicted octanol–water partition coefficient (Wildman–Crippen LogP) is 2.04. The molecule has 0 aromatic heterocycles. The number of carbonyl (C=O) groups is 1. The van der Waals surface area contributed by atoms with E-state index in [-0.39, 0.29) is 17.7 Å². The van der Waals surface area contributed by atoms with Gasteiger partial charge in [-0.3, -0.25) is 4.79 Å². The third-order valence-electron chi connectivity index (χ3n) is 3.64. The average Bonchev–Trinajstić information content (AvgIpc) is 2.65. The fourth-order valence-corrected chi connectivity index (χ4v) is 2.41. The molecule has 0 saturated carbocycles. The molecule has 3 heteroatoms. The Morgan fingerprint density at radius 2 is 2.19 bits per heavy atom. The van der Waals surface area contributed by atoms with E-state index in [0.717, 1.165) is 32.4 Å². The fourth-order valence-electron chi connectivity index (χ4n) is 2.41. The van der Waals surface area contributed by atoms with E-state index in [9.17, 15) is 9.90 Å². The first-order chi connectivity index (χ1) is 7.36. The Morgan fingerprint density at radius 1 is 1.56 bits per heavy atom. The summed E-state index contributed by atoms with van der Waals surface area (Å²) in [4.78, 5) is 14.0. The van der Waals surface area contributed by atoms with Crippen LogP contribution in [0.15, 0.2) is 0 Å². The average molecular weight is 227 g/mol. The summed E-state index contributed by atoms with van der Waals surface area (Å²) in [7, 11) is 0. The van der Waals surface area contributed by atoms with Gasteiger partial charge in [0.05, 0.1) is 5.60 Å². The lowest BCUT2D eigenvalue weighted by atomic mass is 9.90. The van der Waals surface area contributed by atoms with Gasteiger partial charge in [0.25, 0.3) is 0 Å². The van der Waals surface area contributed by atoms with E-state index >= 15 is 0 Å². The Morgan fingerprint density at radius 3 is 2.62 bits per heavy atom. The van der Waals surface area contributed by atoms with Crippen molar-refractivity contribution in [3.8, 4) is 0 Å². The molecule has 0 aromatic rings. The Hall–Kier alpha value is -0.570. The van der Waals surface area contributed by atoms with Crippen LogP contribution < -0.4 is 0 Å². The smallest absolute Gasteiger partial charge is 0.225 e. The van der Waals surface area contributed by atoms with Gasteiger partial charge in [-0.1, -0.05) is 20.3 Å². The number of hydrogen-bond acceptors (Lipinski definition) is 2. The molecule has 0 radical (unpaired) electrons. The highest BCUT2D eigenvalue weighted by Crippen LogP contribution is 2.28. The van der Waals surface area contributed by atoms with Crippen molar-refractivity contribution in [2.45, 2.75) is 52.6 Å². The van der Waals surface area contributed by atoms with E-state index in [0.29, 0.717) is 0 Å². The van der Waals surface area contributed by atoms with Crippen LogP contribution in [0.4, 0.5) is 0 Å². The molecule has 1 rings (SSSR count). The van der Waals surface area contributed by atoms with Gasteiger partial charge in [-0.2, -0.15) is 0 Å². The molecule has 0 aromatic carbocycles. The topological polar surface area (TPSA) is 40.5 Å². The molecule has 2 unspecified atom stereocenters. The summed E-state index contributed by atoms with van der Waals surface area (Å²) in [6, 6.07) is 0. The maximum absolute atomic E-state index is 12.1. The summed E-state index contributed by atoms with van der Waals surface area (Å²) in [5, 5.41) is 9.92. The van der Waals surface area contributed by atoms with Gasteiger partial charge in [0, 0.05) is 24.9 Å². The number of rotatable bonds is 4. The van der Waals surface area contributed by atoms with E-state index in [1.807, 2.05) is 25.7 Å². The van der Waals surface area contributed by atoms with E-state index < -0.39 is 5.60 Å². The van der Waals surface area contributed by atoms with Gasteiger partial charge >= 0.3 is 0 Å².